The van der Waals surface area contributed by atoms with Gasteiger partial charge in [-0.1, -0.05) is 25.5 Å². The highest BCUT2D eigenvalue weighted by atomic mass is 127. The number of ether oxygens (including phenoxy) is 1. The fraction of sp³-hybridized carbons (Fsp3) is 0.812. The van der Waals surface area contributed by atoms with Crippen LogP contribution in [0.4, 0.5) is 0 Å². The minimum atomic E-state index is 0. The molecule has 2 atom stereocenters. The zero-order valence-corrected chi connectivity index (χ0v) is 15.9. The molecule has 0 aromatic carbocycles. The summed E-state index contributed by atoms with van der Waals surface area (Å²) in [5, 5.41) is 3.52. The molecule has 0 amide bonds. The Labute approximate surface area is 146 Å². The van der Waals surface area contributed by atoms with Crippen molar-refractivity contribution >= 4 is 29.9 Å². The molecule has 2 rings (SSSR count). The van der Waals surface area contributed by atoms with Gasteiger partial charge in [-0.3, -0.25) is 4.99 Å². The van der Waals surface area contributed by atoms with E-state index in [9.17, 15) is 0 Å². The molecule has 0 aromatic rings. The number of nitrogens with zero attached hydrogens (tertiary/aromatic N) is 2. The molecular weight excluding hydrogens is 377 g/mol. The van der Waals surface area contributed by atoms with Gasteiger partial charge in [0.15, 0.2) is 5.96 Å². The first-order valence-electron chi connectivity index (χ1n) is 7.90. The van der Waals surface area contributed by atoms with Crippen molar-refractivity contribution in [1.29, 1.82) is 0 Å². The molecule has 1 saturated heterocycles. The molecule has 0 aromatic heterocycles. The summed E-state index contributed by atoms with van der Waals surface area (Å²) in [5.41, 5.74) is 1.51. The van der Waals surface area contributed by atoms with Gasteiger partial charge >= 0.3 is 0 Å². The zero-order chi connectivity index (χ0) is 14.4. The van der Waals surface area contributed by atoms with E-state index in [1.54, 1.807) is 0 Å². The predicted molar refractivity (Wildman–Crippen MR) is 99.4 cm³/mol. The van der Waals surface area contributed by atoms with Crippen LogP contribution in [-0.4, -0.2) is 50.8 Å². The van der Waals surface area contributed by atoms with E-state index in [4.69, 9.17) is 4.74 Å². The quantitative estimate of drug-likeness (QED) is 0.338. The highest BCUT2D eigenvalue weighted by molar-refractivity contribution is 14.0. The maximum atomic E-state index is 5.34. The third-order valence-electron chi connectivity index (χ3n) is 4.17. The Bertz CT molecular complexity index is 361. The molecule has 122 valence electrons. The number of rotatable bonds is 3. The summed E-state index contributed by atoms with van der Waals surface area (Å²) in [6.45, 7) is 9.55. The van der Waals surface area contributed by atoms with Crippen LogP contribution in [0.25, 0.3) is 0 Å². The van der Waals surface area contributed by atoms with Crippen molar-refractivity contribution in [2.75, 3.05) is 39.9 Å². The van der Waals surface area contributed by atoms with Gasteiger partial charge in [-0.05, 0) is 31.1 Å². The summed E-state index contributed by atoms with van der Waals surface area (Å²) < 4.78 is 5.34. The van der Waals surface area contributed by atoms with Gasteiger partial charge in [-0.15, -0.1) is 24.0 Å². The summed E-state index contributed by atoms with van der Waals surface area (Å²) in [6.07, 6.45) is 5.73. The fourth-order valence-electron chi connectivity index (χ4n) is 3.30. The van der Waals surface area contributed by atoms with Crippen molar-refractivity contribution in [2.24, 2.45) is 16.8 Å². The molecule has 0 spiro atoms. The SMILES string of the molecule is CN=C(NCCC1=CCOCC1)N1CC(C)CC(C)C1.I. The number of guanidine groups is 1. The van der Waals surface area contributed by atoms with Crippen LogP contribution in [0.15, 0.2) is 16.6 Å². The van der Waals surface area contributed by atoms with Gasteiger partial charge in [0.05, 0.1) is 13.2 Å². The van der Waals surface area contributed by atoms with Crippen molar-refractivity contribution < 1.29 is 4.74 Å². The summed E-state index contributed by atoms with van der Waals surface area (Å²) >= 11 is 0. The second-order valence-corrected chi connectivity index (χ2v) is 6.26. The molecule has 1 fully saturated rings. The van der Waals surface area contributed by atoms with E-state index in [1.165, 1.54) is 12.0 Å². The molecule has 0 aliphatic carbocycles. The molecule has 5 heteroatoms. The van der Waals surface area contributed by atoms with E-state index in [2.05, 4.69) is 35.1 Å². The number of hydrogen-bond donors (Lipinski definition) is 1. The van der Waals surface area contributed by atoms with Crippen molar-refractivity contribution in [2.45, 2.75) is 33.1 Å². The van der Waals surface area contributed by atoms with E-state index < -0.39 is 0 Å². The van der Waals surface area contributed by atoms with Gasteiger partial charge in [-0.2, -0.15) is 0 Å². The molecule has 21 heavy (non-hydrogen) atoms. The van der Waals surface area contributed by atoms with Crippen LogP contribution in [0, 0.1) is 11.8 Å². The van der Waals surface area contributed by atoms with Gasteiger partial charge in [0.25, 0.3) is 0 Å². The average Bonchev–Trinajstić information content (AvgIpc) is 2.43. The first-order chi connectivity index (χ1) is 9.69. The third kappa shape index (κ3) is 6.14. The van der Waals surface area contributed by atoms with Crippen molar-refractivity contribution in [3.63, 3.8) is 0 Å². The normalized spacial score (nSPS) is 26.9. The first kappa shape index (κ1) is 18.7. The number of halogens is 1. The van der Waals surface area contributed by atoms with E-state index >= 15 is 0 Å². The largest absolute Gasteiger partial charge is 0.377 e. The Kier molecular flexibility index (Phi) is 8.63. The van der Waals surface area contributed by atoms with Crippen molar-refractivity contribution in [3.8, 4) is 0 Å². The molecule has 2 unspecified atom stereocenters. The van der Waals surface area contributed by atoms with E-state index in [-0.39, 0.29) is 24.0 Å². The van der Waals surface area contributed by atoms with Crippen LogP contribution in [0.3, 0.4) is 0 Å². The Hall–Kier alpha value is -0.300. The number of nitrogens with one attached hydrogen (secondary N) is 1. The first-order valence-corrected chi connectivity index (χ1v) is 7.90. The van der Waals surface area contributed by atoms with Crippen LogP contribution in [0.5, 0.6) is 0 Å². The van der Waals surface area contributed by atoms with Crippen LogP contribution in [-0.2, 0) is 4.74 Å². The topological polar surface area (TPSA) is 36.9 Å². The van der Waals surface area contributed by atoms with Gasteiger partial charge < -0.3 is 15.0 Å². The van der Waals surface area contributed by atoms with Crippen LogP contribution in [0.2, 0.25) is 0 Å². The third-order valence-corrected chi connectivity index (χ3v) is 4.17. The minimum Gasteiger partial charge on any atom is -0.377 e. The van der Waals surface area contributed by atoms with Crippen molar-refractivity contribution in [3.05, 3.63) is 11.6 Å². The number of likely N-dealkylation sites (tertiary alicyclic amines) is 1. The summed E-state index contributed by atoms with van der Waals surface area (Å²) in [7, 11) is 1.89. The lowest BCUT2D eigenvalue weighted by Gasteiger charge is -2.37. The lowest BCUT2D eigenvalue weighted by molar-refractivity contribution is 0.153. The standard InChI is InChI=1S/C16H29N3O.HI/c1-13-10-14(2)12-19(11-13)16(17-3)18-7-4-15-5-8-20-9-6-15;/h5,13-14H,4,6-12H2,1-3H3,(H,17,18);1H. The molecule has 2 aliphatic heterocycles. The number of aliphatic imine (C=N–C) groups is 1. The molecular formula is C16H30IN3O. The lowest BCUT2D eigenvalue weighted by Crippen LogP contribution is -2.48. The number of hydrogen-bond acceptors (Lipinski definition) is 2. The second-order valence-electron chi connectivity index (χ2n) is 6.26. The van der Waals surface area contributed by atoms with E-state index in [0.717, 1.165) is 63.5 Å². The highest BCUT2D eigenvalue weighted by Gasteiger charge is 2.23. The molecule has 2 aliphatic rings. The van der Waals surface area contributed by atoms with E-state index in [1.807, 2.05) is 7.05 Å². The Balaban J connectivity index is 0.00000220. The van der Waals surface area contributed by atoms with Gasteiger partial charge in [-0.25, -0.2) is 0 Å². The van der Waals surface area contributed by atoms with Crippen molar-refractivity contribution in [1.82, 2.24) is 10.2 Å². The van der Waals surface area contributed by atoms with Crippen LogP contribution >= 0.6 is 24.0 Å². The van der Waals surface area contributed by atoms with Gasteiger partial charge in [0.2, 0.25) is 0 Å². The molecule has 2 heterocycles. The molecule has 0 bridgehead atoms. The summed E-state index contributed by atoms with van der Waals surface area (Å²) in [6, 6.07) is 0. The highest BCUT2D eigenvalue weighted by Crippen LogP contribution is 2.20. The Morgan fingerprint density at radius 1 is 1.38 bits per heavy atom. The van der Waals surface area contributed by atoms with Crippen LogP contribution < -0.4 is 5.32 Å². The smallest absolute Gasteiger partial charge is 0.193 e. The predicted octanol–water partition coefficient (Wildman–Crippen LogP) is 2.89. The van der Waals surface area contributed by atoms with Gasteiger partial charge in [0, 0.05) is 26.7 Å². The monoisotopic (exact) mass is 407 g/mol. The Morgan fingerprint density at radius 2 is 2.10 bits per heavy atom. The van der Waals surface area contributed by atoms with Gasteiger partial charge in [0.1, 0.15) is 0 Å². The lowest BCUT2D eigenvalue weighted by atomic mass is 9.92. The average molecular weight is 407 g/mol. The maximum absolute atomic E-state index is 5.34. The molecule has 0 saturated carbocycles. The summed E-state index contributed by atoms with van der Waals surface area (Å²) in [5.74, 6) is 2.59. The maximum Gasteiger partial charge on any atom is 0.193 e. The van der Waals surface area contributed by atoms with E-state index in [0.29, 0.717) is 0 Å². The Morgan fingerprint density at radius 3 is 2.67 bits per heavy atom. The fourth-order valence-corrected chi connectivity index (χ4v) is 3.30. The second kappa shape index (κ2) is 9.66. The minimum absolute atomic E-state index is 0. The summed E-state index contributed by atoms with van der Waals surface area (Å²) in [4.78, 5) is 6.86. The zero-order valence-electron chi connectivity index (χ0n) is 13.6. The molecule has 0 radical (unpaired) electrons. The molecule has 4 nitrogen and oxygen atoms in total. The number of piperidine rings is 1. The van der Waals surface area contributed by atoms with Crippen LogP contribution in [0.1, 0.15) is 33.1 Å². The molecule has 1 N–H and O–H groups in total.